The van der Waals surface area contributed by atoms with Gasteiger partial charge in [0.15, 0.2) is 0 Å². The van der Waals surface area contributed by atoms with Gasteiger partial charge in [0.05, 0.1) is 0 Å². The molecule has 1 heterocycles. The average molecular weight is 232 g/mol. The fourth-order valence-electron chi connectivity index (χ4n) is 2.74. The van der Waals surface area contributed by atoms with Gasteiger partial charge in [-0.05, 0) is 58.5 Å². The SMILES string of the molecule is Cc1ccc(C)c(C2CC(N(C)C)CCN2)c1. The lowest BCUT2D eigenvalue weighted by Gasteiger charge is -2.35. The number of nitrogens with zero attached hydrogens (tertiary/aromatic N) is 1. The molecule has 17 heavy (non-hydrogen) atoms. The van der Waals surface area contributed by atoms with E-state index in [1.165, 1.54) is 29.5 Å². The summed E-state index contributed by atoms with van der Waals surface area (Å²) >= 11 is 0. The summed E-state index contributed by atoms with van der Waals surface area (Å²) in [5.74, 6) is 0. The van der Waals surface area contributed by atoms with Gasteiger partial charge >= 0.3 is 0 Å². The minimum absolute atomic E-state index is 0.524. The van der Waals surface area contributed by atoms with Crippen LogP contribution in [0.3, 0.4) is 0 Å². The van der Waals surface area contributed by atoms with Gasteiger partial charge < -0.3 is 10.2 Å². The van der Waals surface area contributed by atoms with Gasteiger partial charge in [-0.3, -0.25) is 0 Å². The van der Waals surface area contributed by atoms with Gasteiger partial charge in [0.25, 0.3) is 0 Å². The molecule has 0 spiro atoms. The van der Waals surface area contributed by atoms with E-state index in [-0.39, 0.29) is 0 Å². The van der Waals surface area contributed by atoms with Gasteiger partial charge in [-0.1, -0.05) is 23.8 Å². The highest BCUT2D eigenvalue weighted by atomic mass is 15.1. The number of hydrogen-bond acceptors (Lipinski definition) is 2. The molecular weight excluding hydrogens is 208 g/mol. The standard InChI is InChI=1S/C15H24N2/c1-11-5-6-12(2)14(9-11)15-10-13(17(3)4)7-8-16-15/h5-6,9,13,15-16H,7-8,10H2,1-4H3. The fraction of sp³-hybridized carbons (Fsp3) is 0.600. The monoisotopic (exact) mass is 232 g/mol. The lowest BCUT2D eigenvalue weighted by molar-refractivity contribution is 0.207. The zero-order valence-corrected chi connectivity index (χ0v) is 11.5. The van der Waals surface area contributed by atoms with E-state index in [9.17, 15) is 0 Å². The minimum atomic E-state index is 0.524. The van der Waals surface area contributed by atoms with E-state index >= 15 is 0 Å². The summed E-state index contributed by atoms with van der Waals surface area (Å²) in [5.41, 5.74) is 4.25. The van der Waals surface area contributed by atoms with Crippen molar-refractivity contribution < 1.29 is 0 Å². The topological polar surface area (TPSA) is 15.3 Å². The van der Waals surface area contributed by atoms with Crippen molar-refractivity contribution in [3.8, 4) is 0 Å². The summed E-state index contributed by atoms with van der Waals surface area (Å²) in [5, 5.41) is 3.66. The first-order valence-corrected chi connectivity index (χ1v) is 6.55. The third kappa shape index (κ3) is 2.88. The smallest absolute Gasteiger partial charge is 0.0337 e. The quantitative estimate of drug-likeness (QED) is 0.843. The molecule has 2 atom stereocenters. The van der Waals surface area contributed by atoms with Crippen LogP contribution in [0.25, 0.3) is 0 Å². The molecule has 2 heteroatoms. The molecule has 94 valence electrons. The van der Waals surface area contributed by atoms with Crippen molar-refractivity contribution in [2.45, 2.75) is 38.8 Å². The number of rotatable bonds is 2. The van der Waals surface area contributed by atoms with Crippen molar-refractivity contribution in [1.29, 1.82) is 0 Å². The Labute approximate surface area is 105 Å². The zero-order valence-electron chi connectivity index (χ0n) is 11.5. The molecule has 2 nitrogen and oxygen atoms in total. The fourth-order valence-corrected chi connectivity index (χ4v) is 2.74. The van der Waals surface area contributed by atoms with Crippen LogP contribution in [0, 0.1) is 13.8 Å². The summed E-state index contributed by atoms with van der Waals surface area (Å²) < 4.78 is 0. The molecule has 2 unspecified atom stereocenters. The van der Waals surface area contributed by atoms with Gasteiger partial charge in [0.1, 0.15) is 0 Å². The normalized spacial score (nSPS) is 25.2. The molecule has 1 fully saturated rings. The van der Waals surface area contributed by atoms with Crippen molar-refractivity contribution >= 4 is 0 Å². The number of piperidine rings is 1. The molecule has 0 radical (unpaired) electrons. The molecule has 1 aromatic rings. The Morgan fingerprint density at radius 1 is 1.24 bits per heavy atom. The first-order chi connectivity index (χ1) is 8.08. The number of nitrogens with one attached hydrogen (secondary N) is 1. The molecule has 0 amide bonds. The maximum absolute atomic E-state index is 3.66. The van der Waals surface area contributed by atoms with Crippen LogP contribution in [0.4, 0.5) is 0 Å². The Balaban J connectivity index is 2.18. The summed E-state index contributed by atoms with van der Waals surface area (Å²) in [7, 11) is 4.38. The van der Waals surface area contributed by atoms with Crippen LogP contribution in [0.5, 0.6) is 0 Å². The van der Waals surface area contributed by atoms with Crippen molar-refractivity contribution in [2.24, 2.45) is 0 Å². The van der Waals surface area contributed by atoms with Gasteiger partial charge in [-0.25, -0.2) is 0 Å². The van der Waals surface area contributed by atoms with E-state index in [0.717, 1.165) is 6.54 Å². The van der Waals surface area contributed by atoms with Crippen molar-refractivity contribution in [1.82, 2.24) is 10.2 Å². The van der Waals surface area contributed by atoms with Gasteiger partial charge in [-0.2, -0.15) is 0 Å². The van der Waals surface area contributed by atoms with E-state index in [1.54, 1.807) is 0 Å². The van der Waals surface area contributed by atoms with Crippen molar-refractivity contribution in [2.75, 3.05) is 20.6 Å². The number of aryl methyl sites for hydroxylation is 2. The van der Waals surface area contributed by atoms with Crippen LogP contribution in [0.15, 0.2) is 18.2 Å². The molecule has 0 saturated carbocycles. The summed E-state index contributed by atoms with van der Waals surface area (Å²) in [6, 6.07) is 8.01. The van der Waals surface area contributed by atoms with Crippen molar-refractivity contribution in [3.63, 3.8) is 0 Å². The Morgan fingerprint density at radius 3 is 2.71 bits per heavy atom. The summed E-state index contributed by atoms with van der Waals surface area (Å²) in [4.78, 5) is 2.36. The lowest BCUT2D eigenvalue weighted by atomic mass is 9.90. The van der Waals surface area contributed by atoms with Crippen LogP contribution in [0.2, 0.25) is 0 Å². The largest absolute Gasteiger partial charge is 0.310 e. The Morgan fingerprint density at radius 2 is 2.00 bits per heavy atom. The van der Waals surface area contributed by atoms with Gasteiger partial charge in [0.2, 0.25) is 0 Å². The zero-order chi connectivity index (χ0) is 12.4. The molecule has 1 aliphatic rings. The number of benzene rings is 1. The number of hydrogen-bond donors (Lipinski definition) is 1. The molecule has 1 N–H and O–H groups in total. The third-order valence-electron chi connectivity index (χ3n) is 3.92. The van der Waals surface area contributed by atoms with Crippen LogP contribution in [-0.2, 0) is 0 Å². The summed E-state index contributed by atoms with van der Waals surface area (Å²) in [6.07, 6.45) is 2.48. The molecule has 0 aromatic heterocycles. The molecule has 2 rings (SSSR count). The van der Waals surface area contributed by atoms with E-state index in [1.807, 2.05) is 0 Å². The maximum atomic E-state index is 3.66. The van der Waals surface area contributed by atoms with Crippen LogP contribution < -0.4 is 5.32 Å². The van der Waals surface area contributed by atoms with Crippen LogP contribution in [0.1, 0.15) is 35.6 Å². The first kappa shape index (κ1) is 12.6. The predicted molar refractivity (Wildman–Crippen MR) is 73.4 cm³/mol. The van der Waals surface area contributed by atoms with Crippen LogP contribution >= 0.6 is 0 Å². The highest BCUT2D eigenvalue weighted by molar-refractivity contribution is 5.33. The third-order valence-corrected chi connectivity index (χ3v) is 3.92. The lowest BCUT2D eigenvalue weighted by Crippen LogP contribution is -2.41. The molecule has 0 aliphatic carbocycles. The van der Waals surface area contributed by atoms with Gasteiger partial charge in [0, 0.05) is 12.1 Å². The Hall–Kier alpha value is -0.860. The second-order valence-corrected chi connectivity index (χ2v) is 5.51. The van der Waals surface area contributed by atoms with Crippen LogP contribution in [-0.4, -0.2) is 31.6 Å². The van der Waals surface area contributed by atoms with E-state index in [0.29, 0.717) is 12.1 Å². The highest BCUT2D eigenvalue weighted by Gasteiger charge is 2.24. The second kappa shape index (κ2) is 5.19. The molecular formula is C15H24N2. The van der Waals surface area contributed by atoms with E-state index in [2.05, 4.69) is 56.4 Å². The molecule has 0 bridgehead atoms. The van der Waals surface area contributed by atoms with E-state index in [4.69, 9.17) is 0 Å². The molecule has 1 saturated heterocycles. The molecule has 1 aliphatic heterocycles. The molecule has 1 aromatic carbocycles. The minimum Gasteiger partial charge on any atom is -0.310 e. The van der Waals surface area contributed by atoms with Gasteiger partial charge in [-0.15, -0.1) is 0 Å². The van der Waals surface area contributed by atoms with E-state index < -0.39 is 0 Å². The second-order valence-electron chi connectivity index (χ2n) is 5.51. The van der Waals surface area contributed by atoms with Crippen molar-refractivity contribution in [3.05, 3.63) is 34.9 Å². The Kier molecular flexibility index (Phi) is 3.85. The first-order valence-electron chi connectivity index (χ1n) is 6.55. The maximum Gasteiger partial charge on any atom is 0.0337 e. The predicted octanol–water partition coefficient (Wildman–Crippen LogP) is 2.66. The summed E-state index contributed by atoms with van der Waals surface area (Å²) in [6.45, 7) is 5.52. The Bertz CT molecular complexity index is 385. The average Bonchev–Trinajstić information content (AvgIpc) is 2.32. The highest BCUT2D eigenvalue weighted by Crippen LogP contribution is 2.28.